The highest BCUT2D eigenvalue weighted by molar-refractivity contribution is 5.98. The summed E-state index contributed by atoms with van der Waals surface area (Å²) in [6.07, 6.45) is 4.63. The molecule has 134 valence electrons. The summed E-state index contributed by atoms with van der Waals surface area (Å²) in [5.74, 6) is 2.07. The normalized spacial score (nSPS) is 22.6. The van der Waals surface area contributed by atoms with Crippen LogP contribution in [0, 0.1) is 11.8 Å². The lowest BCUT2D eigenvalue weighted by Gasteiger charge is -2.35. The highest BCUT2D eigenvalue weighted by atomic mass is 35.5. The number of ketones is 1. The maximum atomic E-state index is 12.6. The third kappa shape index (κ3) is 4.95. The van der Waals surface area contributed by atoms with Gasteiger partial charge in [0.25, 0.3) is 0 Å². The van der Waals surface area contributed by atoms with E-state index >= 15 is 0 Å². The highest BCUT2D eigenvalue weighted by Gasteiger charge is 2.27. The van der Waals surface area contributed by atoms with Gasteiger partial charge in [0.15, 0.2) is 5.78 Å². The molecule has 24 heavy (non-hydrogen) atoms. The van der Waals surface area contributed by atoms with Crippen LogP contribution in [0.15, 0.2) is 24.3 Å². The molecular weight excluding hydrogens is 324 g/mol. The summed E-state index contributed by atoms with van der Waals surface area (Å²) in [4.78, 5) is 15.2. The molecule has 1 N–H and O–H groups in total. The lowest BCUT2D eigenvalue weighted by atomic mass is 9.88. The van der Waals surface area contributed by atoms with Crippen LogP contribution in [0.25, 0.3) is 0 Å². The lowest BCUT2D eigenvalue weighted by molar-refractivity contribution is 0.0820. The van der Waals surface area contributed by atoms with Crippen LogP contribution in [0.5, 0.6) is 5.75 Å². The number of Topliss-reactive ketones (excluding diaryl/α,β-unsaturated/α-hetero) is 1. The van der Waals surface area contributed by atoms with Crippen molar-refractivity contribution < 1.29 is 9.53 Å². The van der Waals surface area contributed by atoms with E-state index in [1.165, 1.54) is 25.9 Å². The van der Waals surface area contributed by atoms with Crippen molar-refractivity contribution in [2.24, 2.45) is 11.8 Å². The van der Waals surface area contributed by atoms with Crippen molar-refractivity contribution in [1.82, 2.24) is 10.2 Å². The Balaban J connectivity index is 0.00000208. The second-order valence-electron chi connectivity index (χ2n) is 6.88. The second-order valence-corrected chi connectivity index (χ2v) is 6.88. The fourth-order valence-electron chi connectivity index (χ4n) is 3.81. The van der Waals surface area contributed by atoms with E-state index in [9.17, 15) is 4.79 Å². The molecule has 3 rings (SSSR count). The van der Waals surface area contributed by atoms with Crippen LogP contribution in [-0.2, 0) is 0 Å². The van der Waals surface area contributed by atoms with Crippen molar-refractivity contribution in [2.75, 3.05) is 39.8 Å². The third-order valence-corrected chi connectivity index (χ3v) is 5.25. The van der Waals surface area contributed by atoms with Crippen molar-refractivity contribution in [1.29, 1.82) is 0 Å². The van der Waals surface area contributed by atoms with Gasteiger partial charge in [0.05, 0.1) is 7.11 Å². The lowest BCUT2D eigenvalue weighted by Crippen LogP contribution is -2.42. The first kappa shape index (κ1) is 19.2. The van der Waals surface area contributed by atoms with Crippen molar-refractivity contribution >= 4 is 18.2 Å². The van der Waals surface area contributed by atoms with E-state index in [1.807, 2.05) is 24.3 Å². The fraction of sp³-hybridized carbons (Fsp3) is 0.632. The Bertz CT molecular complexity index is 507. The SMILES string of the molecule is COc1ccc(C(=O)C2CCN(CC3CCCNC3)CC2)cc1.Cl. The number of rotatable bonds is 5. The maximum absolute atomic E-state index is 12.6. The molecule has 0 aromatic heterocycles. The minimum absolute atomic E-state index is 0. The zero-order chi connectivity index (χ0) is 16.1. The number of likely N-dealkylation sites (tertiary alicyclic amines) is 1. The van der Waals surface area contributed by atoms with Gasteiger partial charge in [-0.05, 0) is 82.0 Å². The van der Waals surface area contributed by atoms with Crippen molar-refractivity contribution in [2.45, 2.75) is 25.7 Å². The number of hydrogen-bond acceptors (Lipinski definition) is 4. The minimum atomic E-state index is 0. The van der Waals surface area contributed by atoms with Crippen LogP contribution >= 0.6 is 12.4 Å². The van der Waals surface area contributed by atoms with Crippen LogP contribution < -0.4 is 10.1 Å². The summed E-state index contributed by atoms with van der Waals surface area (Å²) in [7, 11) is 1.65. The number of nitrogens with one attached hydrogen (secondary N) is 1. The predicted molar refractivity (Wildman–Crippen MR) is 99.3 cm³/mol. The molecule has 0 spiro atoms. The zero-order valence-electron chi connectivity index (χ0n) is 14.5. The number of carbonyl (C=O) groups excluding carboxylic acids is 1. The summed E-state index contributed by atoms with van der Waals surface area (Å²) in [5.41, 5.74) is 0.820. The number of piperidine rings is 2. The standard InChI is InChI=1S/C19H28N2O2.ClH/c1-23-18-6-4-16(5-7-18)19(22)17-8-11-21(12-9-17)14-15-3-2-10-20-13-15;/h4-7,15,17,20H,2-3,8-14H2,1H3;1H. The van der Waals surface area contributed by atoms with Gasteiger partial charge in [-0.15, -0.1) is 12.4 Å². The van der Waals surface area contributed by atoms with E-state index in [-0.39, 0.29) is 18.3 Å². The summed E-state index contributed by atoms with van der Waals surface area (Å²) >= 11 is 0. The summed E-state index contributed by atoms with van der Waals surface area (Å²) in [6.45, 7) is 5.64. The van der Waals surface area contributed by atoms with Gasteiger partial charge in [-0.2, -0.15) is 0 Å². The van der Waals surface area contributed by atoms with E-state index in [4.69, 9.17) is 4.74 Å². The van der Waals surface area contributed by atoms with Crippen LogP contribution in [0.2, 0.25) is 0 Å². The molecule has 1 aromatic rings. The van der Waals surface area contributed by atoms with Gasteiger partial charge in [0, 0.05) is 18.0 Å². The Morgan fingerprint density at radius 1 is 1.21 bits per heavy atom. The Morgan fingerprint density at radius 3 is 2.50 bits per heavy atom. The van der Waals surface area contributed by atoms with E-state index < -0.39 is 0 Å². The minimum Gasteiger partial charge on any atom is -0.497 e. The molecule has 0 saturated carbocycles. The largest absolute Gasteiger partial charge is 0.497 e. The monoisotopic (exact) mass is 352 g/mol. The van der Waals surface area contributed by atoms with E-state index in [0.29, 0.717) is 5.78 Å². The van der Waals surface area contributed by atoms with Gasteiger partial charge in [-0.3, -0.25) is 4.79 Å². The number of hydrogen-bond donors (Lipinski definition) is 1. The number of halogens is 1. The molecule has 5 heteroatoms. The van der Waals surface area contributed by atoms with Gasteiger partial charge < -0.3 is 15.0 Å². The van der Waals surface area contributed by atoms with Gasteiger partial charge in [-0.25, -0.2) is 0 Å². The maximum Gasteiger partial charge on any atom is 0.166 e. The van der Waals surface area contributed by atoms with E-state index in [2.05, 4.69) is 10.2 Å². The first-order valence-corrected chi connectivity index (χ1v) is 8.87. The molecule has 0 amide bonds. The summed E-state index contributed by atoms with van der Waals surface area (Å²) < 4.78 is 5.16. The molecule has 2 aliphatic heterocycles. The van der Waals surface area contributed by atoms with Gasteiger partial charge >= 0.3 is 0 Å². The number of ether oxygens (including phenoxy) is 1. The molecule has 2 aliphatic rings. The molecule has 1 aromatic carbocycles. The van der Waals surface area contributed by atoms with Gasteiger partial charge in [-0.1, -0.05) is 0 Å². The number of nitrogens with zero attached hydrogens (tertiary/aromatic N) is 1. The topological polar surface area (TPSA) is 41.6 Å². The molecule has 1 atom stereocenters. The third-order valence-electron chi connectivity index (χ3n) is 5.25. The Kier molecular flexibility index (Phi) is 7.53. The molecule has 0 bridgehead atoms. The molecule has 0 radical (unpaired) electrons. The van der Waals surface area contributed by atoms with Crippen molar-refractivity contribution in [3.63, 3.8) is 0 Å². The van der Waals surface area contributed by atoms with Gasteiger partial charge in [0.1, 0.15) is 5.75 Å². The van der Waals surface area contributed by atoms with Crippen LogP contribution in [-0.4, -0.2) is 50.5 Å². The molecule has 2 saturated heterocycles. The quantitative estimate of drug-likeness (QED) is 0.827. The summed E-state index contributed by atoms with van der Waals surface area (Å²) in [5, 5.41) is 3.49. The highest BCUT2D eigenvalue weighted by Crippen LogP contribution is 2.24. The average Bonchev–Trinajstić information content (AvgIpc) is 2.63. The molecule has 1 unspecified atom stereocenters. The van der Waals surface area contributed by atoms with E-state index in [0.717, 1.165) is 49.7 Å². The second kappa shape index (κ2) is 9.40. The Labute approximate surface area is 151 Å². The first-order valence-electron chi connectivity index (χ1n) is 8.87. The Morgan fingerprint density at radius 2 is 1.92 bits per heavy atom. The average molecular weight is 353 g/mol. The van der Waals surface area contributed by atoms with Gasteiger partial charge in [0.2, 0.25) is 0 Å². The summed E-state index contributed by atoms with van der Waals surface area (Å²) in [6, 6.07) is 7.53. The first-order chi connectivity index (χ1) is 11.3. The van der Waals surface area contributed by atoms with Crippen LogP contribution in [0.1, 0.15) is 36.0 Å². The van der Waals surface area contributed by atoms with Crippen molar-refractivity contribution in [3.8, 4) is 5.75 Å². The Hall–Kier alpha value is -1.10. The van der Waals surface area contributed by atoms with Crippen molar-refractivity contribution in [3.05, 3.63) is 29.8 Å². The number of benzene rings is 1. The molecule has 0 aliphatic carbocycles. The zero-order valence-corrected chi connectivity index (χ0v) is 15.3. The molecule has 4 nitrogen and oxygen atoms in total. The van der Waals surface area contributed by atoms with Crippen LogP contribution in [0.3, 0.4) is 0 Å². The van der Waals surface area contributed by atoms with Crippen LogP contribution in [0.4, 0.5) is 0 Å². The molecular formula is C19H29ClN2O2. The van der Waals surface area contributed by atoms with E-state index in [1.54, 1.807) is 7.11 Å². The number of methoxy groups -OCH3 is 1. The molecule has 2 heterocycles. The predicted octanol–water partition coefficient (Wildman–Crippen LogP) is 3.01. The fourth-order valence-corrected chi connectivity index (χ4v) is 3.81. The molecule has 2 fully saturated rings. The number of carbonyl (C=O) groups is 1. The smallest absolute Gasteiger partial charge is 0.166 e.